The molecule has 1 amide bonds. The molecule has 2 N–H and O–H groups in total. The van der Waals surface area contributed by atoms with Gasteiger partial charge in [0.05, 0.1) is 10.7 Å². The molecule has 17 heavy (non-hydrogen) atoms. The average Bonchev–Trinajstić information content (AvgIpc) is 2.19. The number of carboxylic acid groups (broad SMARTS) is 1. The van der Waals surface area contributed by atoms with Gasteiger partial charge in [-0.25, -0.2) is 0 Å². The summed E-state index contributed by atoms with van der Waals surface area (Å²) in [6, 6.07) is 6.60. The Bertz CT molecular complexity index is 463. The molecule has 1 rings (SSSR count). The molecule has 0 aliphatic carbocycles. The second-order valence-electron chi connectivity index (χ2n) is 3.15. The second-order valence-corrected chi connectivity index (χ2v) is 5.01. The van der Waals surface area contributed by atoms with Crippen LogP contribution in [-0.4, -0.2) is 32.7 Å². The van der Waals surface area contributed by atoms with Gasteiger partial charge in [-0.1, -0.05) is 23.7 Å². The van der Waals surface area contributed by atoms with E-state index in [-0.39, 0.29) is 5.75 Å². The summed E-state index contributed by atoms with van der Waals surface area (Å²) in [5.41, 5.74) is 0.409. The summed E-state index contributed by atoms with van der Waals surface area (Å²) in [7, 11) is -1.72. The van der Waals surface area contributed by atoms with E-state index in [1.54, 1.807) is 24.3 Å². The number of anilines is 1. The minimum absolute atomic E-state index is 0.364. The van der Waals surface area contributed by atoms with Crippen LogP contribution in [0.2, 0.25) is 5.02 Å². The van der Waals surface area contributed by atoms with Gasteiger partial charge in [0, 0.05) is 10.8 Å². The molecule has 0 saturated carbocycles. The van der Waals surface area contributed by atoms with Crippen molar-refractivity contribution in [3.8, 4) is 0 Å². The number of aliphatic carboxylic acids is 1. The molecule has 1 aromatic carbocycles. The van der Waals surface area contributed by atoms with E-state index in [1.807, 2.05) is 0 Å². The van der Waals surface area contributed by atoms with Crippen LogP contribution >= 0.6 is 11.6 Å². The first kappa shape index (κ1) is 13.7. The number of halogens is 1. The molecule has 0 aliphatic heterocycles. The number of amides is 1. The SMILES string of the molecule is O=C(O)C[S@](=O)CC(=O)Nc1ccccc1Cl. The lowest BCUT2D eigenvalue weighted by Crippen LogP contribution is -2.23. The van der Waals surface area contributed by atoms with Gasteiger partial charge >= 0.3 is 5.97 Å². The van der Waals surface area contributed by atoms with Gasteiger partial charge in [-0.2, -0.15) is 0 Å². The van der Waals surface area contributed by atoms with Crippen molar-refractivity contribution < 1.29 is 18.9 Å². The summed E-state index contributed by atoms with van der Waals surface area (Å²) in [4.78, 5) is 21.7. The molecule has 1 atom stereocenters. The number of hydrogen-bond donors (Lipinski definition) is 2. The zero-order chi connectivity index (χ0) is 12.8. The van der Waals surface area contributed by atoms with Crippen LogP contribution in [0.1, 0.15) is 0 Å². The number of carbonyl (C=O) groups is 2. The molecule has 5 nitrogen and oxygen atoms in total. The highest BCUT2D eigenvalue weighted by Crippen LogP contribution is 2.20. The lowest BCUT2D eigenvalue weighted by molar-refractivity contribution is -0.133. The second kappa shape index (κ2) is 6.36. The van der Waals surface area contributed by atoms with Gasteiger partial charge in [0.1, 0.15) is 11.5 Å². The third kappa shape index (κ3) is 4.97. The normalized spacial score (nSPS) is 11.8. The molecule has 0 unspecified atom stereocenters. The van der Waals surface area contributed by atoms with Crippen LogP contribution in [0.3, 0.4) is 0 Å². The van der Waals surface area contributed by atoms with Crippen LogP contribution in [-0.2, 0) is 20.4 Å². The molecule has 92 valence electrons. The molecule has 0 fully saturated rings. The third-order valence-corrected chi connectivity index (χ3v) is 3.21. The zero-order valence-electron chi connectivity index (χ0n) is 8.68. The van der Waals surface area contributed by atoms with Crippen molar-refractivity contribution in [1.29, 1.82) is 0 Å². The number of benzene rings is 1. The Kier molecular flexibility index (Phi) is 5.11. The highest BCUT2D eigenvalue weighted by Gasteiger charge is 2.12. The van der Waals surface area contributed by atoms with E-state index >= 15 is 0 Å². The number of para-hydroxylation sites is 1. The lowest BCUT2D eigenvalue weighted by Gasteiger charge is -2.05. The van der Waals surface area contributed by atoms with Crippen molar-refractivity contribution in [3.63, 3.8) is 0 Å². The van der Waals surface area contributed by atoms with Gasteiger partial charge < -0.3 is 10.4 Å². The van der Waals surface area contributed by atoms with Crippen LogP contribution in [0.25, 0.3) is 0 Å². The largest absolute Gasteiger partial charge is 0.481 e. The lowest BCUT2D eigenvalue weighted by atomic mass is 10.3. The summed E-state index contributed by atoms with van der Waals surface area (Å²) >= 11 is 5.80. The Balaban J connectivity index is 2.53. The Morgan fingerprint density at radius 2 is 1.94 bits per heavy atom. The van der Waals surface area contributed by atoms with Crippen LogP contribution in [0, 0.1) is 0 Å². The fraction of sp³-hybridized carbons (Fsp3) is 0.200. The molecule has 0 heterocycles. The smallest absolute Gasteiger partial charge is 0.316 e. The van der Waals surface area contributed by atoms with Crippen molar-refractivity contribution in [3.05, 3.63) is 29.3 Å². The Hall–Kier alpha value is -1.40. The molecule has 0 bridgehead atoms. The molecule has 1 aromatic rings. The van der Waals surface area contributed by atoms with Crippen LogP contribution < -0.4 is 5.32 Å². The standard InChI is InChI=1S/C10H10ClNO4S/c11-7-3-1-2-4-8(7)12-9(13)5-17(16)6-10(14)15/h1-4H,5-6H2,(H,12,13)(H,14,15)/t17-/m1/s1. The fourth-order valence-electron chi connectivity index (χ4n) is 1.08. The molecular weight excluding hydrogens is 266 g/mol. The van der Waals surface area contributed by atoms with Gasteiger partial charge in [0.25, 0.3) is 0 Å². The summed E-state index contributed by atoms with van der Waals surface area (Å²) in [5.74, 6) is -2.64. The first-order valence-corrected chi connectivity index (χ1v) is 6.47. The molecule has 0 saturated heterocycles. The van der Waals surface area contributed by atoms with Crippen molar-refractivity contribution in [2.45, 2.75) is 0 Å². The molecule has 7 heteroatoms. The maximum absolute atomic E-state index is 11.4. The summed E-state index contributed by atoms with van der Waals surface area (Å²) in [6.45, 7) is 0. The van der Waals surface area contributed by atoms with E-state index in [1.165, 1.54) is 0 Å². The molecule has 0 aliphatic rings. The fourth-order valence-corrected chi connectivity index (χ4v) is 2.01. The quantitative estimate of drug-likeness (QED) is 0.843. The van der Waals surface area contributed by atoms with E-state index in [0.29, 0.717) is 10.7 Å². The van der Waals surface area contributed by atoms with Gasteiger partial charge in [-0.3, -0.25) is 13.8 Å². The molecular formula is C10H10ClNO4S. The van der Waals surface area contributed by atoms with Crippen molar-refractivity contribution in [2.75, 3.05) is 16.8 Å². The first-order valence-electron chi connectivity index (χ1n) is 4.60. The Morgan fingerprint density at radius 1 is 1.29 bits per heavy atom. The van der Waals surface area contributed by atoms with Crippen molar-refractivity contribution in [2.24, 2.45) is 0 Å². The topological polar surface area (TPSA) is 83.5 Å². The Morgan fingerprint density at radius 3 is 2.53 bits per heavy atom. The van der Waals surface area contributed by atoms with E-state index in [9.17, 15) is 13.8 Å². The minimum atomic E-state index is -1.72. The van der Waals surface area contributed by atoms with E-state index in [0.717, 1.165) is 0 Å². The molecule has 0 spiro atoms. The predicted octanol–water partition coefficient (Wildman–Crippen LogP) is 1.11. The van der Waals surface area contributed by atoms with Crippen LogP contribution in [0.5, 0.6) is 0 Å². The summed E-state index contributed by atoms with van der Waals surface area (Å²) in [6.07, 6.45) is 0. The average molecular weight is 276 g/mol. The Labute approximate surface area is 105 Å². The van der Waals surface area contributed by atoms with Crippen LogP contribution in [0.4, 0.5) is 5.69 Å². The van der Waals surface area contributed by atoms with Crippen LogP contribution in [0.15, 0.2) is 24.3 Å². The van der Waals surface area contributed by atoms with E-state index in [4.69, 9.17) is 16.7 Å². The van der Waals surface area contributed by atoms with Gasteiger partial charge in [-0.15, -0.1) is 0 Å². The molecule has 0 radical (unpaired) electrons. The first-order chi connectivity index (χ1) is 7.99. The van der Waals surface area contributed by atoms with Gasteiger partial charge in [0.15, 0.2) is 0 Å². The molecule has 0 aromatic heterocycles. The highest BCUT2D eigenvalue weighted by molar-refractivity contribution is 7.86. The number of rotatable bonds is 5. The minimum Gasteiger partial charge on any atom is -0.481 e. The number of carbonyl (C=O) groups excluding carboxylic acids is 1. The van der Waals surface area contributed by atoms with Crippen molar-refractivity contribution >= 4 is 40.0 Å². The number of nitrogens with one attached hydrogen (secondary N) is 1. The van der Waals surface area contributed by atoms with E-state index in [2.05, 4.69) is 5.32 Å². The van der Waals surface area contributed by atoms with Gasteiger partial charge in [0.2, 0.25) is 5.91 Å². The summed E-state index contributed by atoms with van der Waals surface area (Å²) < 4.78 is 11.2. The third-order valence-electron chi connectivity index (χ3n) is 1.72. The van der Waals surface area contributed by atoms with E-state index < -0.39 is 28.4 Å². The maximum Gasteiger partial charge on any atom is 0.316 e. The van der Waals surface area contributed by atoms with Gasteiger partial charge in [-0.05, 0) is 12.1 Å². The number of hydrogen-bond acceptors (Lipinski definition) is 3. The summed E-state index contributed by atoms with van der Waals surface area (Å²) in [5, 5.41) is 11.2. The monoisotopic (exact) mass is 275 g/mol. The maximum atomic E-state index is 11.4. The number of carboxylic acids is 1. The highest BCUT2D eigenvalue weighted by atomic mass is 35.5. The predicted molar refractivity (Wildman–Crippen MR) is 65.6 cm³/mol. The zero-order valence-corrected chi connectivity index (χ0v) is 10.3. The van der Waals surface area contributed by atoms with Crippen molar-refractivity contribution in [1.82, 2.24) is 0 Å².